The number of hydrogen-bond donors (Lipinski definition) is 3. The van der Waals surface area contributed by atoms with Crippen LogP contribution in [0.5, 0.6) is 0 Å². The summed E-state index contributed by atoms with van der Waals surface area (Å²) in [6, 6.07) is 0. The first-order chi connectivity index (χ1) is 50.7. The minimum Gasteiger partial charge on any atom is -0.462 e. The summed E-state index contributed by atoms with van der Waals surface area (Å²) in [5, 5.41) is 10.7. The van der Waals surface area contributed by atoms with Crippen LogP contribution in [0.4, 0.5) is 0 Å². The standard InChI is InChI=1S/C86H168O17P2/c1-8-9-10-11-12-13-14-15-16-25-31-36-41-46-55-62-70-86(91)103-82(74-97-84(89)68-61-54-49-48-52-59-66-79(6)7)76-101-105(94,95)99-72-80(87)71-98-104(92,93)100-75-81(73-96-83(88)67-60-53-45-40-35-30-26-22-21-24-29-34-39-44-51-58-65-78(4)5)102-85(90)69-63-56-47-42-37-32-27-20-18-17-19-23-28-33-38-43-50-57-64-77(2)3/h77-82,87H,8-76H2,1-7H3,(H,92,93)(H,94,95)/t80-,81-,82-/m1/s1. The largest absolute Gasteiger partial charge is 0.472 e. The molecule has 0 saturated heterocycles. The molecule has 624 valence electrons. The van der Waals surface area contributed by atoms with Crippen LogP contribution in [0.3, 0.4) is 0 Å². The van der Waals surface area contributed by atoms with Crippen molar-refractivity contribution in [1.82, 2.24) is 0 Å². The van der Waals surface area contributed by atoms with Crippen molar-refractivity contribution in [2.45, 2.75) is 471 Å². The van der Waals surface area contributed by atoms with Crippen molar-refractivity contribution < 1.29 is 80.2 Å². The zero-order valence-electron chi connectivity index (χ0n) is 69.2. The third-order valence-electron chi connectivity index (χ3n) is 20.1. The lowest BCUT2D eigenvalue weighted by Gasteiger charge is -2.21. The van der Waals surface area contributed by atoms with Crippen LogP contribution in [0, 0.1) is 17.8 Å². The Morgan fingerprint density at radius 3 is 0.648 bits per heavy atom. The second kappa shape index (κ2) is 76.1. The number of esters is 4. The van der Waals surface area contributed by atoms with Crippen LogP contribution in [0.25, 0.3) is 0 Å². The number of phosphoric acid groups is 2. The number of ether oxygens (including phenoxy) is 4. The maximum absolute atomic E-state index is 13.1. The number of carbonyl (C=O) groups excluding carboxylic acids is 4. The van der Waals surface area contributed by atoms with Crippen LogP contribution < -0.4 is 0 Å². The Labute approximate surface area is 645 Å². The van der Waals surface area contributed by atoms with Gasteiger partial charge in [-0.2, -0.15) is 0 Å². The lowest BCUT2D eigenvalue weighted by Crippen LogP contribution is -2.30. The number of unbranched alkanes of at least 4 members (excludes halogenated alkanes) is 52. The van der Waals surface area contributed by atoms with E-state index in [0.29, 0.717) is 31.6 Å². The summed E-state index contributed by atoms with van der Waals surface area (Å²) < 4.78 is 68.8. The minimum absolute atomic E-state index is 0.107. The van der Waals surface area contributed by atoms with Gasteiger partial charge in [0.25, 0.3) is 0 Å². The second-order valence-corrected chi connectivity index (χ2v) is 35.3. The number of aliphatic hydroxyl groups is 1. The van der Waals surface area contributed by atoms with Crippen molar-refractivity contribution in [1.29, 1.82) is 0 Å². The fourth-order valence-corrected chi connectivity index (χ4v) is 14.9. The van der Waals surface area contributed by atoms with Gasteiger partial charge in [0.15, 0.2) is 12.2 Å². The molecule has 19 heteroatoms. The van der Waals surface area contributed by atoms with Crippen molar-refractivity contribution >= 4 is 39.5 Å². The van der Waals surface area contributed by atoms with E-state index in [1.54, 1.807) is 0 Å². The fraction of sp³-hybridized carbons (Fsp3) is 0.953. The van der Waals surface area contributed by atoms with Gasteiger partial charge in [-0.15, -0.1) is 0 Å². The molecule has 0 aromatic carbocycles. The average Bonchev–Trinajstić information content (AvgIpc) is 0.907. The first-order valence-corrected chi connectivity index (χ1v) is 47.3. The van der Waals surface area contributed by atoms with Gasteiger partial charge in [-0.05, 0) is 43.4 Å². The minimum atomic E-state index is -4.97. The second-order valence-electron chi connectivity index (χ2n) is 32.4. The lowest BCUT2D eigenvalue weighted by atomic mass is 10.0. The van der Waals surface area contributed by atoms with Crippen LogP contribution in [0.1, 0.15) is 453 Å². The molecule has 0 aromatic rings. The van der Waals surface area contributed by atoms with Gasteiger partial charge < -0.3 is 33.8 Å². The van der Waals surface area contributed by atoms with Gasteiger partial charge in [0.2, 0.25) is 0 Å². The molecule has 2 unspecified atom stereocenters. The summed E-state index contributed by atoms with van der Waals surface area (Å²) in [7, 11) is -9.93. The zero-order chi connectivity index (χ0) is 77.2. The molecule has 0 spiro atoms. The van der Waals surface area contributed by atoms with Crippen molar-refractivity contribution in [3.63, 3.8) is 0 Å². The summed E-state index contributed by atoms with van der Waals surface area (Å²) >= 11 is 0. The molecule has 0 amide bonds. The Kier molecular flexibility index (Phi) is 74.7. The topological polar surface area (TPSA) is 237 Å². The van der Waals surface area contributed by atoms with Crippen LogP contribution in [-0.4, -0.2) is 96.7 Å². The predicted octanol–water partition coefficient (Wildman–Crippen LogP) is 26.1. The van der Waals surface area contributed by atoms with E-state index < -0.39 is 97.5 Å². The van der Waals surface area contributed by atoms with Gasteiger partial charge in [-0.25, -0.2) is 9.13 Å². The molecule has 0 aromatic heterocycles. The van der Waals surface area contributed by atoms with Crippen molar-refractivity contribution in [2.75, 3.05) is 39.6 Å². The molecule has 0 aliphatic heterocycles. The first-order valence-electron chi connectivity index (χ1n) is 44.3. The maximum atomic E-state index is 13.1. The molecule has 0 fully saturated rings. The van der Waals surface area contributed by atoms with E-state index in [1.807, 2.05) is 0 Å². The zero-order valence-corrected chi connectivity index (χ0v) is 71.0. The van der Waals surface area contributed by atoms with Gasteiger partial charge in [0.05, 0.1) is 26.4 Å². The smallest absolute Gasteiger partial charge is 0.462 e. The third kappa shape index (κ3) is 79.9. The molecule has 17 nitrogen and oxygen atoms in total. The number of aliphatic hydroxyl groups excluding tert-OH is 1. The fourth-order valence-electron chi connectivity index (χ4n) is 13.4. The quantitative estimate of drug-likeness (QED) is 0.0222. The summed E-state index contributed by atoms with van der Waals surface area (Å²) in [6.45, 7) is 12.0. The van der Waals surface area contributed by atoms with Crippen molar-refractivity contribution in [3.8, 4) is 0 Å². The Balaban J connectivity index is 5.21. The first kappa shape index (κ1) is 103. The van der Waals surface area contributed by atoms with Crippen molar-refractivity contribution in [2.24, 2.45) is 17.8 Å². The van der Waals surface area contributed by atoms with Crippen molar-refractivity contribution in [3.05, 3.63) is 0 Å². The molecule has 0 saturated carbocycles. The maximum Gasteiger partial charge on any atom is 0.472 e. The molecule has 0 radical (unpaired) electrons. The van der Waals surface area contributed by atoms with E-state index in [2.05, 4.69) is 48.5 Å². The molecule has 0 aliphatic carbocycles. The van der Waals surface area contributed by atoms with E-state index in [-0.39, 0.29) is 25.7 Å². The third-order valence-corrected chi connectivity index (χ3v) is 22.0. The highest BCUT2D eigenvalue weighted by atomic mass is 31.2. The Morgan fingerprint density at radius 2 is 0.438 bits per heavy atom. The average molecular weight is 1540 g/mol. The van der Waals surface area contributed by atoms with Gasteiger partial charge >= 0.3 is 39.5 Å². The normalized spacial score (nSPS) is 13.9. The summed E-state index contributed by atoms with van der Waals surface area (Å²) in [6.07, 6.45) is 66.9. The van der Waals surface area contributed by atoms with Crippen LogP contribution in [0.15, 0.2) is 0 Å². The molecular formula is C86H168O17P2. The molecule has 0 heterocycles. The number of rotatable bonds is 84. The SMILES string of the molecule is CCCCCCCCCCCCCCCCCCC(=O)O[C@H](COC(=O)CCCCCCCCC(C)C)COP(=O)(O)OC[C@H](O)COP(=O)(O)OC[C@@H](COC(=O)CCCCCCCCCCCCCCCCCCC(C)C)OC(=O)CCCCCCCCCCCCCCCCCCCCC(C)C. The van der Waals surface area contributed by atoms with Gasteiger partial charge in [-0.1, -0.05) is 402 Å². The molecule has 105 heavy (non-hydrogen) atoms. The number of carbonyl (C=O) groups is 4. The molecule has 0 rings (SSSR count). The van der Waals surface area contributed by atoms with Gasteiger partial charge in [0, 0.05) is 25.7 Å². The van der Waals surface area contributed by atoms with E-state index >= 15 is 0 Å². The monoisotopic (exact) mass is 1540 g/mol. The van der Waals surface area contributed by atoms with E-state index in [4.69, 9.17) is 37.0 Å². The lowest BCUT2D eigenvalue weighted by molar-refractivity contribution is -0.161. The van der Waals surface area contributed by atoms with E-state index in [1.165, 1.54) is 257 Å². The molecule has 3 N–H and O–H groups in total. The molecular weight excluding hydrogens is 1370 g/mol. The highest BCUT2D eigenvalue weighted by molar-refractivity contribution is 7.47. The molecule has 0 bridgehead atoms. The van der Waals surface area contributed by atoms with Gasteiger partial charge in [0.1, 0.15) is 19.3 Å². The number of hydrogen-bond acceptors (Lipinski definition) is 15. The highest BCUT2D eigenvalue weighted by Gasteiger charge is 2.30. The van der Waals surface area contributed by atoms with Crippen LogP contribution in [0.2, 0.25) is 0 Å². The summed E-state index contributed by atoms with van der Waals surface area (Å²) in [5.41, 5.74) is 0. The summed E-state index contributed by atoms with van der Waals surface area (Å²) in [5.74, 6) is 0.206. The number of phosphoric ester groups is 2. The summed E-state index contributed by atoms with van der Waals surface area (Å²) in [4.78, 5) is 73.2. The van der Waals surface area contributed by atoms with E-state index in [0.717, 1.165) is 108 Å². The van der Waals surface area contributed by atoms with Crippen LogP contribution >= 0.6 is 15.6 Å². The highest BCUT2D eigenvalue weighted by Crippen LogP contribution is 2.45. The Hall–Kier alpha value is -1.94. The van der Waals surface area contributed by atoms with E-state index in [9.17, 15) is 43.2 Å². The Morgan fingerprint density at radius 1 is 0.257 bits per heavy atom. The van der Waals surface area contributed by atoms with Crippen LogP contribution in [-0.2, 0) is 65.4 Å². The predicted molar refractivity (Wildman–Crippen MR) is 432 cm³/mol. The Bertz CT molecular complexity index is 2030. The molecule has 0 aliphatic rings. The molecule has 5 atom stereocenters. The van der Waals surface area contributed by atoms with Gasteiger partial charge in [-0.3, -0.25) is 37.3 Å².